The van der Waals surface area contributed by atoms with Gasteiger partial charge < -0.3 is 14.5 Å². The summed E-state index contributed by atoms with van der Waals surface area (Å²) in [5, 5.41) is 4.11. The van der Waals surface area contributed by atoms with Gasteiger partial charge in [-0.3, -0.25) is 9.59 Å². The molecule has 0 aliphatic heterocycles. The van der Waals surface area contributed by atoms with Gasteiger partial charge in [0.15, 0.2) is 0 Å². The van der Waals surface area contributed by atoms with Gasteiger partial charge in [0, 0.05) is 16.6 Å². The third-order valence-electron chi connectivity index (χ3n) is 7.68. The lowest BCUT2D eigenvalue weighted by molar-refractivity contribution is -0.150. The number of anilines is 1. The quantitative estimate of drug-likeness (QED) is 0.219. The first kappa shape index (κ1) is 28.9. The number of methoxy groups -OCH3 is 1. The third kappa shape index (κ3) is 6.46. The molecular formula is C37H37NO4. The number of carbonyl (C=O) groups is 2. The second kappa shape index (κ2) is 12.1. The highest BCUT2D eigenvalue weighted by Crippen LogP contribution is 2.41. The Kier molecular flexibility index (Phi) is 8.30. The number of hydrogen-bond donors (Lipinski definition) is 1. The van der Waals surface area contributed by atoms with Gasteiger partial charge in [0.05, 0.1) is 18.4 Å². The number of esters is 1. The summed E-state index contributed by atoms with van der Waals surface area (Å²) in [5.41, 5.74) is 3.60. The molecular weight excluding hydrogens is 522 g/mol. The minimum Gasteiger partial charge on any atom is -0.469 e. The van der Waals surface area contributed by atoms with E-state index in [-0.39, 0.29) is 11.3 Å². The average molecular weight is 560 g/mol. The van der Waals surface area contributed by atoms with Crippen LogP contribution < -0.4 is 5.32 Å². The molecule has 1 N–H and O–H groups in total. The van der Waals surface area contributed by atoms with Crippen molar-refractivity contribution in [3.05, 3.63) is 120 Å². The van der Waals surface area contributed by atoms with Crippen molar-refractivity contribution >= 4 is 34.6 Å². The summed E-state index contributed by atoms with van der Waals surface area (Å²) in [6.45, 7) is 6.50. The molecule has 5 rings (SSSR count). The molecule has 0 saturated carbocycles. The zero-order valence-corrected chi connectivity index (χ0v) is 24.6. The number of furan rings is 1. The summed E-state index contributed by atoms with van der Waals surface area (Å²) in [6.07, 6.45) is 12.6. The van der Waals surface area contributed by atoms with Gasteiger partial charge in [-0.25, -0.2) is 0 Å². The first-order valence-electron chi connectivity index (χ1n) is 14.3. The van der Waals surface area contributed by atoms with Crippen LogP contribution in [0.15, 0.2) is 114 Å². The Hall–Kier alpha value is -4.64. The molecule has 0 spiro atoms. The van der Waals surface area contributed by atoms with Gasteiger partial charge in [-0.15, -0.1) is 0 Å². The maximum absolute atomic E-state index is 14.0. The van der Waals surface area contributed by atoms with Crippen molar-refractivity contribution in [1.29, 1.82) is 0 Å². The lowest BCUT2D eigenvalue weighted by atomic mass is 9.68. The molecule has 0 radical (unpaired) electrons. The predicted octanol–water partition coefficient (Wildman–Crippen LogP) is 8.63. The standard InChI is InChI=1S/C37H37NO4/c1-36(2,3)23-20-26-12-14-27(15-13-26)21-24-37(22-8-7-10-31(37)34(39)41-4)35(40)38-30-18-16-28(17-19-30)33-25-29-9-5-6-11-32(29)42-33/h5-20,22-23,25,31H,21,24H2,1-4H3,(H,38,40). The highest BCUT2D eigenvalue weighted by molar-refractivity contribution is 6.00. The van der Waals surface area contributed by atoms with E-state index in [1.165, 1.54) is 7.11 Å². The second-order valence-electron chi connectivity index (χ2n) is 11.9. The van der Waals surface area contributed by atoms with Crippen LogP contribution in [0.3, 0.4) is 0 Å². The molecule has 3 aromatic carbocycles. The number of allylic oxidation sites excluding steroid dienone is 3. The number of benzene rings is 3. The Morgan fingerprint density at radius 2 is 1.71 bits per heavy atom. The monoisotopic (exact) mass is 559 g/mol. The summed E-state index contributed by atoms with van der Waals surface area (Å²) in [5.74, 6) is -0.666. The Morgan fingerprint density at radius 3 is 2.40 bits per heavy atom. The Balaban J connectivity index is 1.35. The van der Waals surface area contributed by atoms with Crippen LogP contribution in [0.25, 0.3) is 28.4 Å². The fourth-order valence-electron chi connectivity index (χ4n) is 5.25. The van der Waals surface area contributed by atoms with E-state index in [1.807, 2.05) is 66.7 Å². The van der Waals surface area contributed by atoms with Crippen LogP contribution in [0.4, 0.5) is 5.69 Å². The number of fused-ring (bicyclic) bond motifs is 1. The topological polar surface area (TPSA) is 68.5 Å². The molecule has 42 heavy (non-hydrogen) atoms. The SMILES string of the molecule is COC(=O)C1C=CC=CC1(CCc1ccc(C=CC(C)(C)C)cc1)C(=O)Nc1ccc(-c2cc3ccccc3o2)cc1. The molecule has 1 heterocycles. The van der Waals surface area contributed by atoms with E-state index in [4.69, 9.17) is 9.15 Å². The number of rotatable bonds is 8. The lowest BCUT2D eigenvalue weighted by Crippen LogP contribution is -2.45. The van der Waals surface area contributed by atoms with Crippen LogP contribution in [0, 0.1) is 16.7 Å². The van der Waals surface area contributed by atoms with Gasteiger partial charge in [-0.2, -0.15) is 0 Å². The fourth-order valence-corrected chi connectivity index (χ4v) is 5.25. The van der Waals surface area contributed by atoms with Crippen LogP contribution in [0.1, 0.15) is 38.3 Å². The maximum atomic E-state index is 14.0. The van der Waals surface area contributed by atoms with Crippen molar-refractivity contribution in [1.82, 2.24) is 0 Å². The highest BCUT2D eigenvalue weighted by atomic mass is 16.5. The van der Waals surface area contributed by atoms with Gasteiger partial charge in [0.1, 0.15) is 11.3 Å². The van der Waals surface area contributed by atoms with Crippen molar-refractivity contribution in [2.24, 2.45) is 16.7 Å². The number of hydrogen-bond acceptors (Lipinski definition) is 4. The Morgan fingerprint density at radius 1 is 0.976 bits per heavy atom. The number of nitrogens with one attached hydrogen (secondary N) is 1. The van der Waals surface area contributed by atoms with E-state index >= 15 is 0 Å². The fraction of sp³-hybridized carbons (Fsp3) is 0.243. The summed E-state index contributed by atoms with van der Waals surface area (Å²) >= 11 is 0. The van der Waals surface area contributed by atoms with Crippen molar-refractivity contribution < 1.29 is 18.7 Å². The second-order valence-corrected chi connectivity index (χ2v) is 11.9. The highest BCUT2D eigenvalue weighted by Gasteiger charge is 2.47. The average Bonchev–Trinajstić information content (AvgIpc) is 3.44. The molecule has 0 fully saturated rings. The summed E-state index contributed by atoms with van der Waals surface area (Å²) in [6, 6.07) is 25.8. The van der Waals surface area contributed by atoms with Gasteiger partial charge in [0.25, 0.3) is 0 Å². The molecule has 0 bridgehead atoms. The molecule has 2 atom stereocenters. The molecule has 4 aromatic rings. The summed E-state index contributed by atoms with van der Waals surface area (Å²) < 4.78 is 11.1. The zero-order chi connectivity index (χ0) is 29.7. The first-order valence-corrected chi connectivity index (χ1v) is 14.3. The molecule has 1 amide bonds. The van der Waals surface area contributed by atoms with Crippen LogP contribution >= 0.6 is 0 Å². The lowest BCUT2D eigenvalue weighted by Gasteiger charge is -2.35. The minimum absolute atomic E-state index is 0.107. The van der Waals surface area contributed by atoms with Crippen molar-refractivity contribution in [3.63, 3.8) is 0 Å². The molecule has 1 aliphatic rings. The number of carbonyl (C=O) groups excluding carboxylic acids is 2. The molecule has 2 unspecified atom stereocenters. The van der Waals surface area contributed by atoms with Crippen LogP contribution in [0.2, 0.25) is 0 Å². The van der Waals surface area contributed by atoms with Gasteiger partial charge >= 0.3 is 5.97 Å². The van der Waals surface area contributed by atoms with Gasteiger partial charge in [-0.1, -0.05) is 99.7 Å². The molecule has 0 saturated heterocycles. The van der Waals surface area contributed by atoms with E-state index in [0.717, 1.165) is 33.4 Å². The van der Waals surface area contributed by atoms with Gasteiger partial charge in [0.2, 0.25) is 5.91 Å². The van der Waals surface area contributed by atoms with Crippen LogP contribution in [0.5, 0.6) is 0 Å². The molecule has 5 heteroatoms. The molecule has 1 aromatic heterocycles. The van der Waals surface area contributed by atoms with E-state index in [2.05, 4.69) is 62.5 Å². The summed E-state index contributed by atoms with van der Waals surface area (Å²) in [7, 11) is 1.36. The zero-order valence-electron chi connectivity index (χ0n) is 24.6. The van der Waals surface area contributed by atoms with Crippen LogP contribution in [-0.2, 0) is 20.7 Å². The maximum Gasteiger partial charge on any atom is 0.313 e. The largest absolute Gasteiger partial charge is 0.469 e. The third-order valence-corrected chi connectivity index (χ3v) is 7.68. The van der Waals surface area contributed by atoms with Crippen molar-refractivity contribution in [2.75, 3.05) is 12.4 Å². The van der Waals surface area contributed by atoms with Gasteiger partial charge in [-0.05, 0) is 65.8 Å². The van der Waals surface area contributed by atoms with Crippen molar-refractivity contribution in [3.8, 4) is 11.3 Å². The predicted molar refractivity (Wildman–Crippen MR) is 170 cm³/mol. The Bertz CT molecular complexity index is 1620. The van der Waals surface area contributed by atoms with Crippen LogP contribution in [-0.4, -0.2) is 19.0 Å². The normalized spacial score (nSPS) is 18.4. The number of amides is 1. The van der Waals surface area contributed by atoms with E-state index in [9.17, 15) is 9.59 Å². The van der Waals surface area contributed by atoms with E-state index < -0.39 is 17.3 Å². The number of ether oxygens (including phenoxy) is 1. The molecule has 5 nitrogen and oxygen atoms in total. The Labute approximate surface area is 247 Å². The minimum atomic E-state index is -1.11. The molecule has 214 valence electrons. The summed E-state index contributed by atoms with van der Waals surface area (Å²) in [4.78, 5) is 26.9. The number of para-hydroxylation sites is 1. The van der Waals surface area contributed by atoms with E-state index in [0.29, 0.717) is 18.5 Å². The van der Waals surface area contributed by atoms with E-state index in [1.54, 1.807) is 12.2 Å². The van der Waals surface area contributed by atoms with Crippen molar-refractivity contribution in [2.45, 2.75) is 33.6 Å². The first-order chi connectivity index (χ1) is 20.2. The smallest absolute Gasteiger partial charge is 0.313 e. The molecule has 1 aliphatic carbocycles. The number of aryl methyl sites for hydroxylation is 1.